The maximum absolute atomic E-state index is 14.7. The number of benzene rings is 2. The molecule has 7 nitrogen and oxygen atoms in total. The summed E-state index contributed by atoms with van der Waals surface area (Å²) in [5.74, 6) is -0.985. The Balaban J connectivity index is 1.84. The summed E-state index contributed by atoms with van der Waals surface area (Å²) in [5.41, 5.74) is -0.311. The van der Waals surface area contributed by atoms with Crippen molar-refractivity contribution in [1.29, 1.82) is 0 Å². The number of hydrogen-bond acceptors (Lipinski definition) is 5. The minimum atomic E-state index is -1.75. The fourth-order valence-corrected chi connectivity index (χ4v) is 3.47. The van der Waals surface area contributed by atoms with E-state index in [-0.39, 0.29) is 25.3 Å². The summed E-state index contributed by atoms with van der Waals surface area (Å²) in [7, 11) is 1.55. The van der Waals surface area contributed by atoms with Gasteiger partial charge in [-0.1, -0.05) is 18.2 Å². The molecule has 4 rings (SSSR count). The van der Waals surface area contributed by atoms with Gasteiger partial charge in [0.25, 0.3) is 0 Å². The molecular formula is C20H19F2N5O2. The highest BCUT2D eigenvalue weighted by atomic mass is 19.1. The van der Waals surface area contributed by atoms with Gasteiger partial charge in [-0.15, -0.1) is 0 Å². The zero-order valence-electron chi connectivity index (χ0n) is 15.7. The van der Waals surface area contributed by atoms with E-state index in [1.807, 2.05) is 24.3 Å². The number of ether oxygens (including phenoxy) is 1. The normalized spacial score (nSPS) is 13.7. The van der Waals surface area contributed by atoms with Crippen LogP contribution in [0.15, 0.2) is 55.1 Å². The Morgan fingerprint density at radius 3 is 2.69 bits per heavy atom. The van der Waals surface area contributed by atoms with Crippen molar-refractivity contribution in [2.75, 3.05) is 7.11 Å². The van der Waals surface area contributed by atoms with E-state index in [0.717, 1.165) is 23.2 Å². The van der Waals surface area contributed by atoms with Crippen LogP contribution >= 0.6 is 0 Å². The first-order valence-electron chi connectivity index (χ1n) is 8.93. The molecule has 0 amide bonds. The highest BCUT2D eigenvalue weighted by Gasteiger charge is 2.35. The number of fused-ring (bicyclic) bond motifs is 1. The van der Waals surface area contributed by atoms with Gasteiger partial charge >= 0.3 is 0 Å². The molecule has 150 valence electrons. The first-order valence-corrected chi connectivity index (χ1v) is 8.93. The predicted octanol–water partition coefficient (Wildman–Crippen LogP) is 2.64. The van der Waals surface area contributed by atoms with Crippen molar-refractivity contribution in [1.82, 2.24) is 24.3 Å². The Bertz CT molecular complexity index is 1130. The highest BCUT2D eigenvalue weighted by molar-refractivity contribution is 5.75. The Morgan fingerprint density at radius 2 is 1.97 bits per heavy atom. The van der Waals surface area contributed by atoms with Gasteiger partial charge in [-0.3, -0.25) is 0 Å². The summed E-state index contributed by atoms with van der Waals surface area (Å²) >= 11 is 0. The fraction of sp³-hybridized carbons (Fsp3) is 0.250. The van der Waals surface area contributed by atoms with Crippen LogP contribution in [0.2, 0.25) is 0 Å². The molecule has 1 N–H and O–H groups in total. The Labute approximate surface area is 165 Å². The number of halogens is 2. The molecule has 0 aliphatic heterocycles. The van der Waals surface area contributed by atoms with Gasteiger partial charge in [0.2, 0.25) is 0 Å². The number of nitrogens with zero attached hydrogens (tertiary/aromatic N) is 5. The molecule has 1 atom stereocenters. The molecule has 0 saturated heterocycles. The lowest BCUT2D eigenvalue weighted by molar-refractivity contribution is -0.00615. The molecule has 9 heteroatoms. The first-order chi connectivity index (χ1) is 14.0. The molecule has 0 bridgehead atoms. The van der Waals surface area contributed by atoms with Crippen LogP contribution in [-0.4, -0.2) is 36.5 Å². The molecule has 0 radical (unpaired) electrons. The predicted molar refractivity (Wildman–Crippen MR) is 101 cm³/mol. The topological polar surface area (TPSA) is 78.0 Å². The second kappa shape index (κ2) is 7.69. The summed E-state index contributed by atoms with van der Waals surface area (Å²) in [6.45, 7) is 0.0725. The molecule has 0 spiro atoms. The minimum Gasteiger partial charge on any atom is -0.381 e. The Kier molecular flexibility index (Phi) is 5.08. The molecule has 0 aliphatic carbocycles. The quantitative estimate of drug-likeness (QED) is 0.517. The lowest BCUT2D eigenvalue weighted by Crippen LogP contribution is -2.38. The Hall–Kier alpha value is -3.17. The summed E-state index contributed by atoms with van der Waals surface area (Å²) in [5, 5.41) is 15.6. The third-order valence-electron chi connectivity index (χ3n) is 4.75. The van der Waals surface area contributed by atoms with E-state index in [1.54, 1.807) is 11.7 Å². The third-order valence-corrected chi connectivity index (χ3v) is 4.75. The summed E-state index contributed by atoms with van der Waals surface area (Å²) in [6, 6.07) is 10.5. The van der Waals surface area contributed by atoms with Crippen LogP contribution in [0.3, 0.4) is 0 Å². The van der Waals surface area contributed by atoms with E-state index in [9.17, 15) is 13.9 Å². The van der Waals surface area contributed by atoms with Gasteiger partial charge in [0.1, 0.15) is 42.3 Å². The smallest absolute Gasteiger partial charge is 0.137 e. The number of aromatic nitrogens is 5. The van der Waals surface area contributed by atoms with Crippen molar-refractivity contribution in [3.63, 3.8) is 0 Å². The van der Waals surface area contributed by atoms with E-state index >= 15 is 0 Å². The van der Waals surface area contributed by atoms with E-state index in [2.05, 4.69) is 15.1 Å². The van der Waals surface area contributed by atoms with E-state index in [1.165, 1.54) is 23.4 Å². The summed E-state index contributed by atoms with van der Waals surface area (Å²) in [4.78, 5) is 8.43. The van der Waals surface area contributed by atoms with Gasteiger partial charge in [-0.2, -0.15) is 5.10 Å². The number of rotatable bonds is 7. The molecular weight excluding hydrogens is 380 g/mol. The SMILES string of the molecule is COCc1nc2ccccc2n1CC(O)(Cn1cncn1)c1ccc(F)cc1F. The zero-order valence-corrected chi connectivity index (χ0v) is 15.7. The van der Waals surface area contributed by atoms with E-state index in [0.29, 0.717) is 5.82 Å². The zero-order chi connectivity index (χ0) is 20.4. The second-order valence-electron chi connectivity index (χ2n) is 6.78. The molecule has 2 aromatic heterocycles. The lowest BCUT2D eigenvalue weighted by atomic mass is 9.92. The average Bonchev–Trinajstić information content (AvgIpc) is 3.30. The van der Waals surface area contributed by atoms with Crippen LogP contribution in [0, 0.1) is 11.6 Å². The minimum absolute atomic E-state index is 0.0458. The third kappa shape index (κ3) is 3.74. The summed E-state index contributed by atoms with van der Waals surface area (Å²) in [6.07, 6.45) is 2.75. The number of aliphatic hydroxyl groups is 1. The van der Waals surface area contributed by atoms with Crippen molar-refractivity contribution in [3.05, 3.63) is 78.1 Å². The molecule has 2 heterocycles. The standard InChI is InChI=1S/C20H19F2N5O2/c1-29-9-19-25-17-4-2-3-5-18(17)27(19)11-20(28,10-26-13-23-12-24-26)15-7-6-14(21)8-16(15)22/h2-8,12-13,28H,9-11H2,1H3. The van der Waals surface area contributed by atoms with Gasteiger partial charge in [0.05, 0.1) is 24.1 Å². The van der Waals surface area contributed by atoms with Crippen LogP contribution in [-0.2, 0) is 30.0 Å². The van der Waals surface area contributed by atoms with Gasteiger partial charge in [-0.25, -0.2) is 23.4 Å². The lowest BCUT2D eigenvalue weighted by Gasteiger charge is -2.30. The molecule has 29 heavy (non-hydrogen) atoms. The van der Waals surface area contributed by atoms with Crippen molar-refractivity contribution < 1.29 is 18.6 Å². The van der Waals surface area contributed by atoms with Gasteiger partial charge in [-0.05, 0) is 18.2 Å². The van der Waals surface area contributed by atoms with Crippen LogP contribution in [0.25, 0.3) is 11.0 Å². The second-order valence-corrected chi connectivity index (χ2v) is 6.78. The van der Waals surface area contributed by atoms with Crippen LogP contribution in [0.1, 0.15) is 11.4 Å². The molecule has 0 aliphatic rings. The molecule has 0 saturated carbocycles. The average molecular weight is 399 g/mol. The van der Waals surface area contributed by atoms with Gasteiger partial charge in [0.15, 0.2) is 0 Å². The molecule has 2 aromatic carbocycles. The van der Waals surface area contributed by atoms with Crippen molar-refractivity contribution in [3.8, 4) is 0 Å². The first kappa shape index (κ1) is 19.2. The van der Waals surface area contributed by atoms with Crippen LogP contribution < -0.4 is 0 Å². The number of imidazole rings is 1. The summed E-state index contributed by atoms with van der Waals surface area (Å²) < 4.78 is 36.6. The number of methoxy groups -OCH3 is 1. The largest absolute Gasteiger partial charge is 0.381 e. The molecule has 4 aromatic rings. The van der Waals surface area contributed by atoms with E-state index in [4.69, 9.17) is 4.74 Å². The van der Waals surface area contributed by atoms with Crippen molar-refractivity contribution in [2.24, 2.45) is 0 Å². The maximum Gasteiger partial charge on any atom is 0.137 e. The molecule has 0 fully saturated rings. The number of para-hydroxylation sites is 2. The Morgan fingerprint density at radius 1 is 1.14 bits per heavy atom. The fourth-order valence-electron chi connectivity index (χ4n) is 3.47. The highest BCUT2D eigenvalue weighted by Crippen LogP contribution is 2.31. The van der Waals surface area contributed by atoms with Gasteiger partial charge in [0, 0.05) is 18.7 Å². The maximum atomic E-state index is 14.7. The van der Waals surface area contributed by atoms with E-state index < -0.39 is 17.2 Å². The number of hydrogen-bond donors (Lipinski definition) is 1. The van der Waals surface area contributed by atoms with Crippen LogP contribution in [0.5, 0.6) is 0 Å². The van der Waals surface area contributed by atoms with Crippen molar-refractivity contribution in [2.45, 2.75) is 25.3 Å². The van der Waals surface area contributed by atoms with Crippen LogP contribution in [0.4, 0.5) is 8.78 Å². The van der Waals surface area contributed by atoms with Gasteiger partial charge < -0.3 is 14.4 Å². The monoisotopic (exact) mass is 399 g/mol. The van der Waals surface area contributed by atoms with Crippen molar-refractivity contribution >= 4 is 11.0 Å². The molecule has 1 unspecified atom stereocenters.